The number of hydrogen-bond donors (Lipinski definition) is 0. The third kappa shape index (κ3) is 9.03. The van der Waals surface area contributed by atoms with Crippen LogP contribution < -0.4 is 0 Å². The van der Waals surface area contributed by atoms with Gasteiger partial charge in [0, 0.05) is 6.92 Å². The summed E-state index contributed by atoms with van der Waals surface area (Å²) in [5, 5.41) is 0. The van der Waals surface area contributed by atoms with Crippen molar-refractivity contribution >= 4 is 5.97 Å². The van der Waals surface area contributed by atoms with Gasteiger partial charge in [-0.25, -0.2) is 0 Å². The predicted octanol–water partition coefficient (Wildman–Crippen LogP) is 4.66. The van der Waals surface area contributed by atoms with Gasteiger partial charge < -0.3 is 4.74 Å². The zero-order valence-electron chi connectivity index (χ0n) is 12.2. The lowest BCUT2D eigenvalue weighted by Gasteiger charge is -2.17. The lowest BCUT2D eigenvalue weighted by molar-refractivity contribution is -0.145. The Hall–Kier alpha value is -1.05. The van der Waals surface area contributed by atoms with Crippen molar-refractivity contribution in [3.05, 3.63) is 24.8 Å². The molecule has 0 heterocycles. The van der Waals surface area contributed by atoms with Crippen LogP contribution in [-0.4, -0.2) is 12.1 Å². The molecule has 0 fully saturated rings. The average Bonchev–Trinajstić information content (AvgIpc) is 2.26. The standard InChI is InChI=1S/C16H28O2/c1-6-7-11-16(13(2)3)12-9-8-10-14(4)18-15(5)17/h6,14,16H,1-2,7-12H2,3-5H3. The fraction of sp³-hybridized carbons (Fsp3) is 0.688. The maximum Gasteiger partial charge on any atom is 0.302 e. The zero-order chi connectivity index (χ0) is 14.0. The fourth-order valence-electron chi connectivity index (χ4n) is 2.12. The number of ether oxygens (including phenoxy) is 1. The van der Waals surface area contributed by atoms with Crippen molar-refractivity contribution in [2.45, 2.75) is 65.4 Å². The lowest BCUT2D eigenvalue weighted by Crippen LogP contribution is -2.12. The molecule has 0 saturated carbocycles. The van der Waals surface area contributed by atoms with Crippen LogP contribution in [0.1, 0.15) is 59.3 Å². The molecule has 0 N–H and O–H groups in total. The van der Waals surface area contributed by atoms with E-state index in [1.165, 1.54) is 25.3 Å². The first-order valence-corrected chi connectivity index (χ1v) is 6.90. The van der Waals surface area contributed by atoms with E-state index in [0.717, 1.165) is 25.7 Å². The Balaban J connectivity index is 3.75. The number of rotatable bonds is 10. The Morgan fingerprint density at radius 2 is 1.83 bits per heavy atom. The molecule has 0 aromatic carbocycles. The van der Waals surface area contributed by atoms with Crippen molar-refractivity contribution in [2.24, 2.45) is 5.92 Å². The number of esters is 1. The summed E-state index contributed by atoms with van der Waals surface area (Å²) in [5.41, 5.74) is 1.27. The topological polar surface area (TPSA) is 26.3 Å². The number of carbonyl (C=O) groups excluding carboxylic acids is 1. The van der Waals surface area contributed by atoms with Crippen LogP contribution in [0.5, 0.6) is 0 Å². The van der Waals surface area contributed by atoms with Gasteiger partial charge in [-0.1, -0.05) is 24.6 Å². The molecule has 0 bridgehead atoms. The van der Waals surface area contributed by atoms with Crippen LogP contribution in [0, 0.1) is 5.92 Å². The van der Waals surface area contributed by atoms with Gasteiger partial charge in [-0.3, -0.25) is 4.79 Å². The van der Waals surface area contributed by atoms with Gasteiger partial charge in [0.2, 0.25) is 0 Å². The summed E-state index contributed by atoms with van der Waals surface area (Å²) in [6.07, 6.45) is 8.62. The van der Waals surface area contributed by atoms with E-state index in [9.17, 15) is 4.79 Å². The molecule has 0 spiro atoms. The molecule has 0 aliphatic carbocycles. The fourth-order valence-corrected chi connectivity index (χ4v) is 2.12. The Morgan fingerprint density at radius 1 is 1.22 bits per heavy atom. The molecule has 104 valence electrons. The highest BCUT2D eigenvalue weighted by Gasteiger charge is 2.09. The molecule has 0 radical (unpaired) electrons. The molecule has 18 heavy (non-hydrogen) atoms. The van der Waals surface area contributed by atoms with E-state index in [1.807, 2.05) is 13.0 Å². The first kappa shape index (κ1) is 16.9. The van der Waals surface area contributed by atoms with Crippen LogP contribution in [0.25, 0.3) is 0 Å². The van der Waals surface area contributed by atoms with Crippen LogP contribution in [0.15, 0.2) is 24.8 Å². The second-order valence-electron chi connectivity index (χ2n) is 5.11. The molecule has 0 aromatic heterocycles. The van der Waals surface area contributed by atoms with E-state index in [-0.39, 0.29) is 12.1 Å². The highest BCUT2D eigenvalue weighted by Crippen LogP contribution is 2.22. The van der Waals surface area contributed by atoms with E-state index in [1.54, 1.807) is 0 Å². The summed E-state index contributed by atoms with van der Waals surface area (Å²) < 4.78 is 5.10. The maximum atomic E-state index is 10.8. The summed E-state index contributed by atoms with van der Waals surface area (Å²) in [5.74, 6) is 0.417. The van der Waals surface area contributed by atoms with Crippen molar-refractivity contribution in [3.8, 4) is 0 Å². The average molecular weight is 252 g/mol. The van der Waals surface area contributed by atoms with Crippen molar-refractivity contribution < 1.29 is 9.53 Å². The molecule has 0 rings (SSSR count). The molecule has 0 aliphatic rings. The van der Waals surface area contributed by atoms with Gasteiger partial charge in [0.1, 0.15) is 0 Å². The highest BCUT2D eigenvalue weighted by atomic mass is 16.5. The maximum absolute atomic E-state index is 10.8. The third-order valence-electron chi connectivity index (χ3n) is 3.20. The second-order valence-corrected chi connectivity index (χ2v) is 5.11. The molecular weight excluding hydrogens is 224 g/mol. The number of allylic oxidation sites excluding steroid dienone is 2. The molecule has 2 unspecified atom stereocenters. The highest BCUT2D eigenvalue weighted by molar-refractivity contribution is 5.66. The summed E-state index contributed by atoms with van der Waals surface area (Å²) >= 11 is 0. The Bertz CT molecular complexity index is 268. The van der Waals surface area contributed by atoms with Gasteiger partial charge in [-0.2, -0.15) is 0 Å². The molecule has 2 atom stereocenters. The molecule has 2 heteroatoms. The molecular formula is C16H28O2. The Kier molecular flexibility index (Phi) is 9.35. The minimum Gasteiger partial charge on any atom is -0.463 e. The van der Waals surface area contributed by atoms with E-state index < -0.39 is 0 Å². The first-order valence-electron chi connectivity index (χ1n) is 6.90. The number of hydrogen-bond acceptors (Lipinski definition) is 2. The molecule has 2 nitrogen and oxygen atoms in total. The SMILES string of the molecule is C=CCCC(CCCCC(C)OC(C)=O)C(=C)C. The second kappa shape index (κ2) is 9.93. The smallest absolute Gasteiger partial charge is 0.302 e. The van der Waals surface area contributed by atoms with Crippen molar-refractivity contribution in [3.63, 3.8) is 0 Å². The van der Waals surface area contributed by atoms with Gasteiger partial charge in [0.15, 0.2) is 0 Å². The summed E-state index contributed by atoms with van der Waals surface area (Å²) in [6, 6.07) is 0. The summed E-state index contributed by atoms with van der Waals surface area (Å²) in [7, 11) is 0. The minimum absolute atomic E-state index is 0.0407. The molecule has 0 amide bonds. The van der Waals surface area contributed by atoms with E-state index in [4.69, 9.17) is 4.74 Å². The Morgan fingerprint density at radius 3 is 2.33 bits per heavy atom. The molecule has 0 saturated heterocycles. The van der Waals surface area contributed by atoms with E-state index >= 15 is 0 Å². The van der Waals surface area contributed by atoms with Crippen molar-refractivity contribution in [1.29, 1.82) is 0 Å². The van der Waals surface area contributed by atoms with Crippen LogP contribution >= 0.6 is 0 Å². The number of unbranched alkanes of at least 4 members (excludes halogenated alkanes) is 1. The lowest BCUT2D eigenvalue weighted by atomic mass is 9.90. The minimum atomic E-state index is -0.187. The van der Waals surface area contributed by atoms with Crippen LogP contribution in [0.2, 0.25) is 0 Å². The third-order valence-corrected chi connectivity index (χ3v) is 3.20. The van der Waals surface area contributed by atoms with Gasteiger partial charge in [-0.15, -0.1) is 6.58 Å². The van der Waals surface area contributed by atoms with Crippen molar-refractivity contribution in [1.82, 2.24) is 0 Å². The number of carbonyl (C=O) groups is 1. The van der Waals surface area contributed by atoms with Gasteiger partial charge in [0.05, 0.1) is 6.10 Å². The monoisotopic (exact) mass is 252 g/mol. The molecule has 0 aromatic rings. The van der Waals surface area contributed by atoms with E-state index in [0.29, 0.717) is 5.92 Å². The van der Waals surface area contributed by atoms with Gasteiger partial charge in [0.25, 0.3) is 0 Å². The van der Waals surface area contributed by atoms with Gasteiger partial charge in [-0.05, 0) is 51.9 Å². The quantitative estimate of drug-likeness (QED) is 0.321. The largest absolute Gasteiger partial charge is 0.463 e. The zero-order valence-corrected chi connectivity index (χ0v) is 12.2. The molecule has 0 aliphatic heterocycles. The van der Waals surface area contributed by atoms with Crippen molar-refractivity contribution in [2.75, 3.05) is 0 Å². The van der Waals surface area contributed by atoms with Crippen LogP contribution in [0.4, 0.5) is 0 Å². The van der Waals surface area contributed by atoms with Gasteiger partial charge >= 0.3 is 5.97 Å². The summed E-state index contributed by atoms with van der Waals surface area (Å²) in [4.78, 5) is 10.8. The Labute approximate surface area is 112 Å². The summed E-state index contributed by atoms with van der Waals surface area (Å²) in [6.45, 7) is 13.3. The normalized spacial score (nSPS) is 13.7. The van der Waals surface area contributed by atoms with E-state index in [2.05, 4.69) is 20.1 Å². The predicted molar refractivity (Wildman–Crippen MR) is 77.4 cm³/mol. The van der Waals surface area contributed by atoms with Crippen LogP contribution in [-0.2, 0) is 9.53 Å². The van der Waals surface area contributed by atoms with Crippen LogP contribution in [0.3, 0.4) is 0 Å². The first-order chi connectivity index (χ1) is 8.47.